The number of Topliss-reactive ketones (excluding diaryl/α,β-unsaturated/α-hetero) is 1. The molecule has 1 unspecified atom stereocenters. The summed E-state index contributed by atoms with van der Waals surface area (Å²) >= 11 is 6.19. The second-order valence-electron chi connectivity index (χ2n) is 8.38. The van der Waals surface area contributed by atoms with Crippen LogP contribution in [0.15, 0.2) is 42.0 Å². The monoisotopic (exact) mass is 516 g/mol. The number of hydrogen-bond donors (Lipinski definition) is 1. The van der Waals surface area contributed by atoms with Crippen molar-refractivity contribution in [3.05, 3.63) is 58.1 Å². The first-order chi connectivity index (χ1) is 17.1. The molecule has 0 aliphatic carbocycles. The summed E-state index contributed by atoms with van der Waals surface area (Å²) in [6, 6.07) is 8.44. The first kappa shape index (κ1) is 27.0. The standard InChI is InChI=1S/C26H29ClN2O7/c1-6-35-20-14-17(7-9-18(20)27)24(31)22-23(29(12-11-28(3)4)26(33)25(22)32)16-8-10-19(34-5)21(13-16)36-15(2)30/h7-10,13-14,23,31H,6,11-12H2,1-5H3/b24-22-. The van der Waals surface area contributed by atoms with Crippen molar-refractivity contribution in [3.8, 4) is 17.2 Å². The highest BCUT2D eigenvalue weighted by Crippen LogP contribution is 2.42. The smallest absolute Gasteiger partial charge is 0.308 e. The molecule has 1 amide bonds. The Hall–Kier alpha value is -3.56. The predicted molar refractivity (Wildman–Crippen MR) is 134 cm³/mol. The van der Waals surface area contributed by atoms with E-state index >= 15 is 0 Å². The molecular weight excluding hydrogens is 488 g/mol. The van der Waals surface area contributed by atoms with Crippen molar-refractivity contribution in [2.75, 3.05) is 40.9 Å². The van der Waals surface area contributed by atoms with Gasteiger partial charge in [0.1, 0.15) is 11.5 Å². The van der Waals surface area contributed by atoms with Gasteiger partial charge >= 0.3 is 5.97 Å². The molecule has 1 fully saturated rings. The van der Waals surface area contributed by atoms with E-state index in [1.165, 1.54) is 31.1 Å². The van der Waals surface area contributed by atoms with Crippen LogP contribution in [0.25, 0.3) is 5.76 Å². The van der Waals surface area contributed by atoms with Crippen molar-refractivity contribution >= 4 is 35.0 Å². The Morgan fingerprint density at radius 3 is 2.44 bits per heavy atom. The van der Waals surface area contributed by atoms with E-state index in [4.69, 9.17) is 25.8 Å². The van der Waals surface area contributed by atoms with Crippen molar-refractivity contribution in [3.63, 3.8) is 0 Å². The molecule has 2 aromatic carbocycles. The van der Waals surface area contributed by atoms with E-state index in [-0.39, 0.29) is 29.2 Å². The lowest BCUT2D eigenvalue weighted by molar-refractivity contribution is -0.140. The van der Waals surface area contributed by atoms with Crippen LogP contribution in [0.1, 0.15) is 31.0 Å². The number of halogens is 1. The Morgan fingerprint density at radius 2 is 1.83 bits per heavy atom. The van der Waals surface area contributed by atoms with E-state index in [1.54, 1.807) is 31.2 Å². The van der Waals surface area contributed by atoms with Crippen LogP contribution in [0, 0.1) is 0 Å². The molecule has 1 atom stereocenters. The number of methoxy groups -OCH3 is 1. The van der Waals surface area contributed by atoms with E-state index in [0.717, 1.165) is 0 Å². The fourth-order valence-corrected chi connectivity index (χ4v) is 4.11. The van der Waals surface area contributed by atoms with Crippen molar-refractivity contribution in [1.82, 2.24) is 9.80 Å². The number of ether oxygens (including phenoxy) is 3. The molecule has 2 aromatic rings. The second-order valence-corrected chi connectivity index (χ2v) is 8.79. The number of hydrogen-bond acceptors (Lipinski definition) is 8. The first-order valence-electron chi connectivity index (χ1n) is 11.3. The van der Waals surface area contributed by atoms with Crippen LogP contribution in [-0.4, -0.2) is 73.5 Å². The zero-order chi connectivity index (χ0) is 26.6. The summed E-state index contributed by atoms with van der Waals surface area (Å²) in [6.45, 7) is 4.10. The van der Waals surface area contributed by atoms with Gasteiger partial charge in [-0.05, 0) is 56.9 Å². The highest BCUT2D eigenvalue weighted by molar-refractivity contribution is 6.46. The normalized spacial score (nSPS) is 17.0. The number of aliphatic hydroxyl groups excluding tert-OH is 1. The zero-order valence-corrected chi connectivity index (χ0v) is 21.6. The molecule has 9 nitrogen and oxygen atoms in total. The van der Waals surface area contributed by atoms with Gasteiger partial charge in [0.15, 0.2) is 11.5 Å². The van der Waals surface area contributed by atoms with Crippen LogP contribution in [0.4, 0.5) is 0 Å². The van der Waals surface area contributed by atoms with E-state index in [9.17, 15) is 19.5 Å². The highest BCUT2D eigenvalue weighted by Gasteiger charge is 2.46. The van der Waals surface area contributed by atoms with E-state index in [1.807, 2.05) is 19.0 Å². The second kappa shape index (κ2) is 11.5. The molecule has 1 heterocycles. The number of likely N-dealkylation sites (tertiary alicyclic amines) is 1. The van der Waals surface area contributed by atoms with Gasteiger partial charge in [0.25, 0.3) is 11.7 Å². The molecule has 1 aliphatic heterocycles. The van der Waals surface area contributed by atoms with Gasteiger partial charge in [-0.2, -0.15) is 0 Å². The van der Waals surface area contributed by atoms with Gasteiger partial charge in [-0.25, -0.2) is 0 Å². The van der Waals surface area contributed by atoms with Crippen molar-refractivity contribution < 1.29 is 33.7 Å². The maximum atomic E-state index is 13.2. The average Bonchev–Trinajstić information content (AvgIpc) is 3.08. The van der Waals surface area contributed by atoms with E-state index in [2.05, 4.69) is 0 Å². The van der Waals surface area contributed by atoms with Gasteiger partial charge in [-0.1, -0.05) is 17.7 Å². The van der Waals surface area contributed by atoms with E-state index in [0.29, 0.717) is 35.2 Å². The molecule has 0 bridgehead atoms. The number of likely N-dealkylation sites (N-methyl/N-ethyl adjacent to an activating group) is 1. The minimum absolute atomic E-state index is 0.0949. The van der Waals surface area contributed by atoms with Gasteiger partial charge in [-0.3, -0.25) is 14.4 Å². The zero-order valence-electron chi connectivity index (χ0n) is 20.8. The number of esters is 1. The summed E-state index contributed by atoms with van der Waals surface area (Å²) in [7, 11) is 5.13. The summed E-state index contributed by atoms with van der Waals surface area (Å²) in [5.74, 6) is -1.72. The predicted octanol–water partition coefficient (Wildman–Crippen LogP) is 3.66. The van der Waals surface area contributed by atoms with Gasteiger partial charge in [0.2, 0.25) is 0 Å². The lowest BCUT2D eigenvalue weighted by Crippen LogP contribution is -2.35. The summed E-state index contributed by atoms with van der Waals surface area (Å²) in [5, 5.41) is 11.6. The van der Waals surface area contributed by atoms with Crippen LogP contribution < -0.4 is 14.2 Å². The number of nitrogens with zero attached hydrogens (tertiary/aromatic N) is 2. The van der Waals surface area contributed by atoms with Crippen molar-refractivity contribution in [2.45, 2.75) is 19.9 Å². The van der Waals surface area contributed by atoms with Crippen LogP contribution in [0.2, 0.25) is 5.02 Å². The Kier molecular flexibility index (Phi) is 8.60. The third-order valence-electron chi connectivity index (χ3n) is 5.59. The average molecular weight is 517 g/mol. The molecule has 10 heteroatoms. The summed E-state index contributed by atoms with van der Waals surface area (Å²) in [5.41, 5.74) is 0.639. The van der Waals surface area contributed by atoms with Crippen molar-refractivity contribution in [2.24, 2.45) is 0 Å². The topological polar surface area (TPSA) is 106 Å². The largest absolute Gasteiger partial charge is 0.507 e. The highest BCUT2D eigenvalue weighted by atomic mass is 35.5. The van der Waals surface area contributed by atoms with Crippen molar-refractivity contribution in [1.29, 1.82) is 0 Å². The fourth-order valence-electron chi connectivity index (χ4n) is 3.94. The number of rotatable bonds is 9. The minimum atomic E-state index is -0.934. The Bertz CT molecular complexity index is 1210. The molecular formula is C26H29ClN2O7. The molecule has 0 radical (unpaired) electrons. The number of ketones is 1. The third kappa shape index (κ3) is 5.63. The summed E-state index contributed by atoms with van der Waals surface area (Å²) in [6.07, 6.45) is 0. The third-order valence-corrected chi connectivity index (χ3v) is 5.90. The Morgan fingerprint density at radius 1 is 1.11 bits per heavy atom. The van der Waals surface area contributed by atoms with Crippen LogP contribution >= 0.6 is 11.6 Å². The molecule has 192 valence electrons. The molecule has 36 heavy (non-hydrogen) atoms. The van der Waals surface area contributed by atoms with Gasteiger partial charge in [-0.15, -0.1) is 0 Å². The van der Waals surface area contributed by atoms with E-state index < -0.39 is 23.7 Å². The van der Waals surface area contributed by atoms with Crippen LogP contribution in [-0.2, 0) is 14.4 Å². The number of amides is 1. The molecule has 0 saturated carbocycles. The minimum Gasteiger partial charge on any atom is -0.507 e. The summed E-state index contributed by atoms with van der Waals surface area (Å²) in [4.78, 5) is 41.3. The van der Waals surface area contributed by atoms with Crippen LogP contribution in [0.5, 0.6) is 17.2 Å². The molecule has 1 aliphatic rings. The lowest BCUT2D eigenvalue weighted by atomic mass is 9.95. The number of benzene rings is 2. The number of aliphatic hydroxyl groups is 1. The molecule has 1 saturated heterocycles. The lowest BCUT2D eigenvalue weighted by Gasteiger charge is -2.27. The quantitative estimate of drug-likeness (QED) is 0.177. The maximum Gasteiger partial charge on any atom is 0.308 e. The molecule has 1 N–H and O–H groups in total. The first-order valence-corrected chi connectivity index (χ1v) is 11.7. The SMILES string of the molecule is CCOc1cc(/C(O)=C2/C(=O)C(=O)N(CCN(C)C)C2c2ccc(OC)c(OC(C)=O)c2)ccc1Cl. The Balaban J connectivity index is 2.21. The Labute approximate surface area is 214 Å². The fraction of sp³-hybridized carbons (Fsp3) is 0.346. The summed E-state index contributed by atoms with van der Waals surface area (Å²) < 4.78 is 16.1. The van der Waals surface area contributed by atoms with Gasteiger partial charge < -0.3 is 29.1 Å². The number of carbonyl (C=O) groups excluding carboxylic acids is 3. The van der Waals surface area contributed by atoms with Crippen LogP contribution in [0.3, 0.4) is 0 Å². The molecule has 0 aromatic heterocycles. The number of carbonyl (C=O) groups is 3. The van der Waals surface area contributed by atoms with Gasteiger partial charge in [0, 0.05) is 25.6 Å². The van der Waals surface area contributed by atoms with Gasteiger partial charge in [0.05, 0.1) is 30.4 Å². The molecule has 0 spiro atoms. The maximum absolute atomic E-state index is 13.2. The molecule has 3 rings (SSSR count).